The van der Waals surface area contributed by atoms with E-state index in [4.69, 9.17) is 0 Å². The van der Waals surface area contributed by atoms with Crippen LogP contribution in [-0.2, 0) is 0 Å². The lowest BCUT2D eigenvalue weighted by Crippen LogP contribution is -2.03. The summed E-state index contributed by atoms with van der Waals surface area (Å²) in [6.45, 7) is 4.85. The Morgan fingerprint density at radius 1 is 1.38 bits per heavy atom. The minimum Gasteiger partial charge on any atom is -0.354 e. The third kappa shape index (κ3) is 4.35. The van der Waals surface area contributed by atoms with E-state index in [1.807, 2.05) is 6.92 Å². The van der Waals surface area contributed by atoms with Gasteiger partial charge in [0, 0.05) is 6.54 Å². The molecule has 1 aromatic rings. The van der Waals surface area contributed by atoms with E-state index >= 15 is 0 Å². The van der Waals surface area contributed by atoms with Crippen molar-refractivity contribution in [2.75, 3.05) is 17.6 Å². The number of aromatic nitrogens is 2. The first-order chi connectivity index (χ1) is 7.77. The number of hydrogen-bond acceptors (Lipinski definition) is 4. The standard InChI is InChI=1S/C11H18FN3S/c1-3-5-6-7-16-10-9(12)8-14-11(15-10)13-4-2/h8H,3-7H2,1-2H3,(H,13,14,15). The number of unbranched alkanes of at least 4 members (excludes halogenated alkanes) is 2. The molecular weight excluding hydrogens is 225 g/mol. The molecule has 0 amide bonds. The SMILES string of the molecule is CCCCCSc1nc(NCC)ncc1F. The summed E-state index contributed by atoms with van der Waals surface area (Å²) >= 11 is 1.46. The molecule has 0 aromatic carbocycles. The highest BCUT2D eigenvalue weighted by Gasteiger charge is 2.06. The van der Waals surface area contributed by atoms with Gasteiger partial charge < -0.3 is 5.32 Å². The Bertz CT molecular complexity index is 320. The minimum absolute atomic E-state index is 0.330. The van der Waals surface area contributed by atoms with Crippen LogP contribution in [0.1, 0.15) is 33.1 Å². The zero-order valence-electron chi connectivity index (χ0n) is 9.79. The third-order valence-corrected chi connectivity index (χ3v) is 3.09. The van der Waals surface area contributed by atoms with E-state index < -0.39 is 0 Å². The second-order valence-corrected chi connectivity index (χ2v) is 4.52. The van der Waals surface area contributed by atoms with Crippen LogP contribution in [0.3, 0.4) is 0 Å². The number of nitrogens with zero attached hydrogens (tertiary/aromatic N) is 2. The number of anilines is 1. The first kappa shape index (κ1) is 13.2. The number of nitrogens with one attached hydrogen (secondary N) is 1. The maximum absolute atomic E-state index is 13.3. The number of hydrogen-bond donors (Lipinski definition) is 1. The second-order valence-electron chi connectivity index (χ2n) is 3.43. The molecule has 1 heterocycles. The van der Waals surface area contributed by atoms with Crippen molar-refractivity contribution in [2.24, 2.45) is 0 Å². The van der Waals surface area contributed by atoms with Crippen LogP contribution < -0.4 is 5.32 Å². The Morgan fingerprint density at radius 2 is 2.19 bits per heavy atom. The molecule has 1 N–H and O–H groups in total. The summed E-state index contributed by atoms with van der Waals surface area (Å²) in [5.41, 5.74) is 0. The molecule has 1 aromatic heterocycles. The molecule has 0 unspecified atom stereocenters. The van der Waals surface area contributed by atoms with E-state index in [0.717, 1.165) is 18.7 Å². The Hall–Kier alpha value is -0.840. The Morgan fingerprint density at radius 3 is 2.88 bits per heavy atom. The lowest BCUT2D eigenvalue weighted by molar-refractivity contribution is 0.579. The first-order valence-corrected chi connectivity index (χ1v) is 6.65. The van der Waals surface area contributed by atoms with Gasteiger partial charge in [0.05, 0.1) is 6.20 Å². The summed E-state index contributed by atoms with van der Waals surface area (Å²) in [6.07, 6.45) is 4.68. The molecule has 0 saturated carbocycles. The highest BCUT2D eigenvalue weighted by Crippen LogP contribution is 2.21. The van der Waals surface area contributed by atoms with Crippen LogP contribution in [0.5, 0.6) is 0 Å². The van der Waals surface area contributed by atoms with Crippen molar-refractivity contribution in [3.63, 3.8) is 0 Å². The largest absolute Gasteiger partial charge is 0.354 e. The molecule has 0 aliphatic rings. The van der Waals surface area contributed by atoms with Crippen LogP contribution in [0.15, 0.2) is 11.2 Å². The zero-order valence-corrected chi connectivity index (χ0v) is 10.6. The molecule has 0 bridgehead atoms. The van der Waals surface area contributed by atoms with Gasteiger partial charge in [0.1, 0.15) is 5.03 Å². The molecule has 16 heavy (non-hydrogen) atoms. The quantitative estimate of drug-likeness (QED) is 0.453. The second kappa shape index (κ2) is 7.44. The molecule has 0 aliphatic carbocycles. The Kier molecular flexibility index (Phi) is 6.15. The third-order valence-electron chi connectivity index (χ3n) is 2.03. The Balaban J connectivity index is 2.52. The highest BCUT2D eigenvalue weighted by atomic mass is 32.2. The molecule has 0 atom stereocenters. The van der Waals surface area contributed by atoms with Crippen LogP contribution in [0.4, 0.5) is 10.3 Å². The van der Waals surface area contributed by atoms with Gasteiger partial charge in [0.15, 0.2) is 5.82 Å². The van der Waals surface area contributed by atoms with Gasteiger partial charge in [0.25, 0.3) is 0 Å². The van der Waals surface area contributed by atoms with Crippen molar-refractivity contribution >= 4 is 17.7 Å². The fourth-order valence-electron chi connectivity index (χ4n) is 1.22. The van der Waals surface area contributed by atoms with E-state index in [-0.39, 0.29) is 5.82 Å². The molecule has 0 fully saturated rings. The average Bonchev–Trinajstić information content (AvgIpc) is 2.29. The van der Waals surface area contributed by atoms with Gasteiger partial charge in [-0.25, -0.2) is 14.4 Å². The first-order valence-electron chi connectivity index (χ1n) is 5.67. The summed E-state index contributed by atoms with van der Waals surface area (Å²) in [7, 11) is 0. The molecule has 0 saturated heterocycles. The van der Waals surface area contributed by atoms with Crippen molar-refractivity contribution in [1.29, 1.82) is 0 Å². The van der Waals surface area contributed by atoms with Gasteiger partial charge in [-0.05, 0) is 19.1 Å². The fourth-order valence-corrected chi connectivity index (χ4v) is 2.10. The van der Waals surface area contributed by atoms with E-state index in [1.165, 1.54) is 30.8 Å². The van der Waals surface area contributed by atoms with Gasteiger partial charge in [-0.15, -0.1) is 11.8 Å². The van der Waals surface area contributed by atoms with E-state index in [9.17, 15) is 4.39 Å². The molecule has 1 rings (SSSR count). The molecule has 5 heteroatoms. The van der Waals surface area contributed by atoms with Crippen molar-refractivity contribution in [3.05, 3.63) is 12.0 Å². The van der Waals surface area contributed by atoms with Crippen LogP contribution in [-0.4, -0.2) is 22.3 Å². The van der Waals surface area contributed by atoms with E-state index in [1.54, 1.807) is 0 Å². The summed E-state index contributed by atoms with van der Waals surface area (Å²) in [6, 6.07) is 0. The van der Waals surface area contributed by atoms with Crippen molar-refractivity contribution in [3.8, 4) is 0 Å². The smallest absolute Gasteiger partial charge is 0.223 e. The van der Waals surface area contributed by atoms with Crippen LogP contribution >= 0.6 is 11.8 Å². The highest BCUT2D eigenvalue weighted by molar-refractivity contribution is 7.99. The molecule has 0 aliphatic heterocycles. The van der Waals surface area contributed by atoms with Gasteiger partial charge in [0.2, 0.25) is 5.95 Å². The zero-order chi connectivity index (χ0) is 11.8. The van der Waals surface area contributed by atoms with Crippen LogP contribution in [0.25, 0.3) is 0 Å². The molecule has 0 spiro atoms. The normalized spacial score (nSPS) is 10.4. The predicted molar refractivity (Wildman–Crippen MR) is 66.4 cm³/mol. The monoisotopic (exact) mass is 243 g/mol. The van der Waals surface area contributed by atoms with Gasteiger partial charge >= 0.3 is 0 Å². The van der Waals surface area contributed by atoms with E-state index in [0.29, 0.717) is 11.0 Å². The van der Waals surface area contributed by atoms with Crippen LogP contribution in [0.2, 0.25) is 0 Å². The van der Waals surface area contributed by atoms with Gasteiger partial charge in [-0.2, -0.15) is 0 Å². The van der Waals surface area contributed by atoms with Crippen molar-refractivity contribution in [1.82, 2.24) is 9.97 Å². The maximum atomic E-state index is 13.3. The van der Waals surface area contributed by atoms with Crippen molar-refractivity contribution in [2.45, 2.75) is 38.1 Å². The molecular formula is C11H18FN3S. The lowest BCUT2D eigenvalue weighted by Gasteiger charge is -2.05. The summed E-state index contributed by atoms with van der Waals surface area (Å²) in [5.74, 6) is 1.08. The maximum Gasteiger partial charge on any atom is 0.223 e. The summed E-state index contributed by atoms with van der Waals surface area (Å²) in [4.78, 5) is 7.99. The van der Waals surface area contributed by atoms with Gasteiger partial charge in [-0.1, -0.05) is 19.8 Å². The number of thioether (sulfide) groups is 1. The van der Waals surface area contributed by atoms with Crippen molar-refractivity contribution < 1.29 is 4.39 Å². The molecule has 90 valence electrons. The number of rotatable bonds is 7. The lowest BCUT2D eigenvalue weighted by atomic mass is 10.3. The molecule has 0 radical (unpaired) electrons. The topological polar surface area (TPSA) is 37.8 Å². The average molecular weight is 243 g/mol. The van der Waals surface area contributed by atoms with Crippen LogP contribution in [0, 0.1) is 5.82 Å². The minimum atomic E-state index is -0.330. The fraction of sp³-hybridized carbons (Fsp3) is 0.636. The van der Waals surface area contributed by atoms with Gasteiger partial charge in [-0.3, -0.25) is 0 Å². The number of halogens is 1. The molecule has 3 nitrogen and oxygen atoms in total. The van der Waals surface area contributed by atoms with E-state index in [2.05, 4.69) is 22.2 Å². The predicted octanol–water partition coefficient (Wildman–Crippen LogP) is 3.33. The summed E-state index contributed by atoms with van der Waals surface area (Å²) in [5, 5.41) is 3.42. The Labute approximate surface area is 100 Å². The summed E-state index contributed by atoms with van der Waals surface area (Å²) < 4.78 is 13.3.